The van der Waals surface area contributed by atoms with Crippen molar-refractivity contribution in [3.8, 4) is 0 Å². The Hall–Kier alpha value is -0.0151. The minimum Gasteiger partial charge on any atom is -0.427 e. The van der Waals surface area contributed by atoms with Crippen molar-refractivity contribution < 1.29 is 10.0 Å². The molecule has 3 heteroatoms. The fourth-order valence-electron chi connectivity index (χ4n) is 1.17. The van der Waals surface area contributed by atoms with Gasteiger partial charge in [0.05, 0.1) is 0 Å². The first-order valence-corrected chi connectivity index (χ1v) is 4.15. The maximum atomic E-state index is 8.49. The predicted molar refractivity (Wildman–Crippen MR) is 41.6 cm³/mol. The maximum absolute atomic E-state index is 8.49. The zero-order valence-corrected chi connectivity index (χ0v) is 6.29. The summed E-state index contributed by atoms with van der Waals surface area (Å²) in [4.78, 5) is 0. The first-order valence-electron chi connectivity index (χ1n) is 4.15. The van der Waals surface area contributed by atoms with Crippen molar-refractivity contribution in [2.24, 2.45) is 5.92 Å². The van der Waals surface area contributed by atoms with E-state index in [2.05, 4.69) is 0 Å². The predicted octanol–water partition coefficient (Wildman–Crippen LogP) is 1.04. The molecule has 1 aliphatic rings. The molecule has 0 unspecified atom stereocenters. The van der Waals surface area contributed by atoms with E-state index >= 15 is 0 Å². The molecule has 0 atom stereocenters. The summed E-state index contributed by atoms with van der Waals surface area (Å²) < 4.78 is 0. The second-order valence-electron chi connectivity index (χ2n) is 3.21. The molecule has 2 N–H and O–H groups in total. The Morgan fingerprint density at radius 3 is 2.40 bits per heavy atom. The van der Waals surface area contributed by atoms with Gasteiger partial charge in [0.15, 0.2) is 0 Å². The fourth-order valence-corrected chi connectivity index (χ4v) is 1.17. The Morgan fingerprint density at radius 2 is 1.90 bits per heavy atom. The van der Waals surface area contributed by atoms with Gasteiger partial charge in [-0.25, -0.2) is 0 Å². The average Bonchev–Trinajstić information content (AvgIpc) is 2.62. The van der Waals surface area contributed by atoms with Crippen LogP contribution < -0.4 is 0 Å². The van der Waals surface area contributed by atoms with Crippen molar-refractivity contribution in [2.45, 2.75) is 38.4 Å². The van der Waals surface area contributed by atoms with E-state index in [4.69, 9.17) is 10.0 Å². The second kappa shape index (κ2) is 3.99. The normalized spacial score (nSPS) is 17.4. The van der Waals surface area contributed by atoms with Crippen molar-refractivity contribution in [3.05, 3.63) is 0 Å². The first-order chi connectivity index (χ1) is 4.79. The fraction of sp³-hybridized carbons (Fsp3) is 1.00. The van der Waals surface area contributed by atoms with Crippen LogP contribution in [0.25, 0.3) is 0 Å². The molecule has 0 aromatic rings. The third-order valence-electron chi connectivity index (χ3n) is 2.02. The van der Waals surface area contributed by atoms with Gasteiger partial charge < -0.3 is 10.0 Å². The van der Waals surface area contributed by atoms with E-state index < -0.39 is 7.12 Å². The van der Waals surface area contributed by atoms with E-state index in [-0.39, 0.29) is 0 Å². The van der Waals surface area contributed by atoms with Crippen LogP contribution in [-0.2, 0) is 0 Å². The smallest absolute Gasteiger partial charge is 0.427 e. The van der Waals surface area contributed by atoms with Crippen molar-refractivity contribution in [2.75, 3.05) is 0 Å². The summed E-state index contributed by atoms with van der Waals surface area (Å²) in [5.74, 6) is 0.982. The van der Waals surface area contributed by atoms with E-state index in [9.17, 15) is 0 Å². The van der Waals surface area contributed by atoms with Crippen molar-refractivity contribution in [1.29, 1.82) is 0 Å². The molecule has 0 aliphatic heterocycles. The van der Waals surface area contributed by atoms with Gasteiger partial charge in [0, 0.05) is 0 Å². The zero-order valence-electron chi connectivity index (χ0n) is 6.29. The molecule has 1 fully saturated rings. The van der Waals surface area contributed by atoms with Crippen LogP contribution in [0.4, 0.5) is 0 Å². The topological polar surface area (TPSA) is 40.5 Å². The largest absolute Gasteiger partial charge is 0.451 e. The lowest BCUT2D eigenvalue weighted by molar-refractivity contribution is 0.401. The van der Waals surface area contributed by atoms with Crippen LogP contribution in [0.15, 0.2) is 0 Å². The quantitative estimate of drug-likeness (QED) is 0.444. The summed E-state index contributed by atoms with van der Waals surface area (Å²) in [6.07, 6.45) is 6.79. The highest BCUT2D eigenvalue weighted by Gasteiger charge is 2.20. The second-order valence-corrected chi connectivity index (χ2v) is 3.21. The summed E-state index contributed by atoms with van der Waals surface area (Å²) in [7, 11) is -1.08. The van der Waals surface area contributed by atoms with Crippen LogP contribution >= 0.6 is 0 Å². The molecule has 0 saturated heterocycles. The van der Waals surface area contributed by atoms with Gasteiger partial charge in [0.25, 0.3) is 0 Å². The summed E-state index contributed by atoms with van der Waals surface area (Å²) in [6.45, 7) is 0. The molecule has 1 aliphatic carbocycles. The van der Waals surface area contributed by atoms with Crippen molar-refractivity contribution in [1.82, 2.24) is 0 Å². The minimum atomic E-state index is -1.08. The molecule has 0 aromatic heterocycles. The van der Waals surface area contributed by atoms with Gasteiger partial charge in [-0.05, 0) is 12.2 Å². The van der Waals surface area contributed by atoms with Gasteiger partial charge in [-0.3, -0.25) is 0 Å². The molecule has 0 spiro atoms. The third kappa shape index (κ3) is 3.91. The molecule has 0 bridgehead atoms. The van der Waals surface area contributed by atoms with E-state index in [0.717, 1.165) is 12.3 Å². The molecule has 0 radical (unpaired) electrons. The Kier molecular flexibility index (Phi) is 3.22. The van der Waals surface area contributed by atoms with E-state index in [1.54, 1.807) is 0 Å². The Bertz CT molecular complexity index is 87.6. The van der Waals surface area contributed by atoms with E-state index in [1.165, 1.54) is 25.7 Å². The first kappa shape index (κ1) is 8.09. The SMILES string of the molecule is OB(O)CCCCC1CC1. The number of hydrogen-bond donors (Lipinski definition) is 2. The van der Waals surface area contributed by atoms with Gasteiger partial charge in [-0.15, -0.1) is 0 Å². The van der Waals surface area contributed by atoms with Crippen LogP contribution in [0.2, 0.25) is 6.32 Å². The molecule has 58 valence electrons. The van der Waals surface area contributed by atoms with Crippen LogP contribution in [0.3, 0.4) is 0 Å². The monoisotopic (exact) mass is 142 g/mol. The molecule has 10 heavy (non-hydrogen) atoms. The summed E-state index contributed by atoms with van der Waals surface area (Å²) in [6, 6.07) is 0. The lowest BCUT2D eigenvalue weighted by atomic mass is 9.83. The highest BCUT2D eigenvalue weighted by molar-refractivity contribution is 6.40. The van der Waals surface area contributed by atoms with Crippen LogP contribution in [0.1, 0.15) is 32.1 Å². The third-order valence-corrected chi connectivity index (χ3v) is 2.02. The molecule has 2 nitrogen and oxygen atoms in total. The summed E-state index contributed by atoms with van der Waals surface area (Å²) >= 11 is 0. The van der Waals surface area contributed by atoms with Gasteiger partial charge in [0.2, 0.25) is 0 Å². The lowest BCUT2D eigenvalue weighted by Crippen LogP contribution is -2.09. The van der Waals surface area contributed by atoms with Crippen LogP contribution in [0.5, 0.6) is 0 Å². The summed E-state index contributed by atoms with van der Waals surface area (Å²) in [5, 5.41) is 17.0. The van der Waals surface area contributed by atoms with Crippen molar-refractivity contribution in [3.63, 3.8) is 0 Å². The van der Waals surface area contributed by atoms with Crippen LogP contribution in [-0.4, -0.2) is 17.2 Å². The van der Waals surface area contributed by atoms with Gasteiger partial charge in [-0.1, -0.05) is 32.1 Å². The Morgan fingerprint density at radius 1 is 1.20 bits per heavy atom. The number of rotatable bonds is 5. The van der Waals surface area contributed by atoms with E-state index in [0.29, 0.717) is 6.32 Å². The Labute approximate surface area is 62.4 Å². The summed E-state index contributed by atoms with van der Waals surface area (Å²) in [5.41, 5.74) is 0. The van der Waals surface area contributed by atoms with E-state index in [1.807, 2.05) is 0 Å². The molecule has 0 aromatic carbocycles. The lowest BCUT2D eigenvalue weighted by Gasteiger charge is -1.97. The molecule has 1 rings (SSSR count). The van der Waals surface area contributed by atoms with Crippen LogP contribution in [0, 0.1) is 5.92 Å². The molecule has 0 amide bonds. The highest BCUT2D eigenvalue weighted by Crippen LogP contribution is 2.33. The minimum absolute atomic E-state index is 0.548. The zero-order chi connectivity index (χ0) is 7.40. The molecule has 0 heterocycles. The average molecular weight is 142 g/mol. The highest BCUT2D eigenvalue weighted by atomic mass is 16.4. The maximum Gasteiger partial charge on any atom is 0.451 e. The van der Waals surface area contributed by atoms with Gasteiger partial charge in [0.1, 0.15) is 0 Å². The van der Waals surface area contributed by atoms with Gasteiger partial charge in [-0.2, -0.15) is 0 Å². The standard InChI is InChI=1S/C7H15BO2/c9-8(10)6-2-1-3-7-4-5-7/h7,9-10H,1-6H2. The van der Waals surface area contributed by atoms with Gasteiger partial charge >= 0.3 is 7.12 Å². The molecular weight excluding hydrogens is 127 g/mol. The van der Waals surface area contributed by atoms with Crippen molar-refractivity contribution >= 4 is 7.12 Å². The number of hydrogen-bond acceptors (Lipinski definition) is 2. The Balaban J connectivity index is 1.76. The molecule has 1 saturated carbocycles. The number of unbranched alkanes of at least 4 members (excludes halogenated alkanes) is 1. The molecular formula is C7H15BO2.